The smallest absolute Gasteiger partial charge is 0.127 e. The molecule has 3 fully saturated rings. The highest BCUT2D eigenvalue weighted by Gasteiger charge is 2.25. The summed E-state index contributed by atoms with van der Waals surface area (Å²) in [5.41, 5.74) is 6.93. The lowest BCUT2D eigenvalue weighted by atomic mass is 9.88. The van der Waals surface area contributed by atoms with Crippen LogP contribution in [0.5, 0.6) is 17.2 Å². The summed E-state index contributed by atoms with van der Waals surface area (Å²) in [4.78, 5) is 0. The van der Waals surface area contributed by atoms with Gasteiger partial charge in [0.05, 0.1) is 19.8 Å². The summed E-state index contributed by atoms with van der Waals surface area (Å²) in [5, 5.41) is 6.81. The molecule has 51 heavy (non-hydrogen) atoms. The highest BCUT2D eigenvalue weighted by Crippen LogP contribution is 2.43. The fourth-order valence-electron chi connectivity index (χ4n) is 7.23. The van der Waals surface area contributed by atoms with Crippen LogP contribution in [0.2, 0.25) is 0 Å². The summed E-state index contributed by atoms with van der Waals surface area (Å²) >= 11 is 0. The van der Waals surface area contributed by atoms with Gasteiger partial charge in [0, 0.05) is 16.2 Å². The minimum absolute atomic E-state index is 0.191. The molecular weight excluding hydrogens is 633 g/mol. The van der Waals surface area contributed by atoms with E-state index in [1.54, 1.807) is 0 Å². The second-order valence-electron chi connectivity index (χ2n) is 14.1. The van der Waals surface area contributed by atoms with Gasteiger partial charge in [0.2, 0.25) is 0 Å². The van der Waals surface area contributed by atoms with Crippen molar-refractivity contribution in [3.63, 3.8) is 0 Å². The fraction of sp³-hybridized carbons (Fsp3) is 0.217. The second kappa shape index (κ2) is 12.8. The van der Waals surface area contributed by atoms with Crippen molar-refractivity contribution in [1.29, 1.82) is 0 Å². The highest BCUT2D eigenvalue weighted by atomic mass is 16.6. The molecular formula is C46H38O5. The lowest BCUT2D eigenvalue weighted by Gasteiger charge is -2.18. The molecule has 1 saturated carbocycles. The van der Waals surface area contributed by atoms with E-state index in [-0.39, 0.29) is 12.2 Å². The predicted molar refractivity (Wildman–Crippen MR) is 204 cm³/mol. The standard InChI is InChI=1S/C46H38O5/c1-4-10-41-38(7-1)35(15-18-44(41)49-24-29-13-14-29)30-21-31(36-16-19-45(50-27-33-25-47-33)42-11-5-2-8-39(36)42)23-32(22-30)37-17-20-46(51-28-34-26-48-34)43-12-6-3-9-40(37)43/h1-12,15-23,29,33-34H,13-14,24-28H2. The number of rotatable bonds is 12. The molecule has 2 heterocycles. The van der Waals surface area contributed by atoms with Crippen LogP contribution in [0.25, 0.3) is 65.7 Å². The number of hydrogen-bond donors (Lipinski definition) is 0. The maximum atomic E-state index is 6.38. The van der Waals surface area contributed by atoms with Crippen LogP contribution in [0, 0.1) is 5.92 Å². The normalized spacial score (nSPS) is 17.9. The quantitative estimate of drug-likeness (QED) is 0.121. The minimum Gasteiger partial charge on any atom is -0.493 e. The lowest BCUT2D eigenvalue weighted by molar-refractivity contribution is 0.265. The van der Waals surface area contributed by atoms with E-state index in [0.29, 0.717) is 19.1 Å². The Morgan fingerprint density at radius 3 is 1.08 bits per heavy atom. The third kappa shape index (κ3) is 6.18. The van der Waals surface area contributed by atoms with E-state index in [0.717, 1.165) is 91.8 Å². The minimum atomic E-state index is 0.191. The number of fused-ring (bicyclic) bond motifs is 3. The average Bonchev–Trinajstić information content (AvgIpc) is 4.03. The van der Waals surface area contributed by atoms with E-state index >= 15 is 0 Å². The van der Waals surface area contributed by atoms with Crippen molar-refractivity contribution in [1.82, 2.24) is 0 Å². The van der Waals surface area contributed by atoms with Crippen LogP contribution in [0.1, 0.15) is 12.8 Å². The molecule has 0 aromatic heterocycles. The van der Waals surface area contributed by atoms with Crippen molar-refractivity contribution in [2.45, 2.75) is 25.0 Å². The van der Waals surface area contributed by atoms with Crippen molar-refractivity contribution in [3.05, 3.63) is 127 Å². The van der Waals surface area contributed by atoms with E-state index in [4.69, 9.17) is 23.7 Å². The van der Waals surface area contributed by atoms with Gasteiger partial charge in [-0.2, -0.15) is 0 Å². The van der Waals surface area contributed by atoms with E-state index in [1.165, 1.54) is 23.8 Å². The van der Waals surface area contributed by atoms with Crippen LogP contribution in [0.15, 0.2) is 127 Å². The molecule has 3 aliphatic rings. The van der Waals surface area contributed by atoms with Crippen molar-refractivity contribution < 1.29 is 23.7 Å². The maximum Gasteiger partial charge on any atom is 0.127 e. The van der Waals surface area contributed by atoms with E-state index in [2.05, 4.69) is 127 Å². The molecule has 7 aromatic carbocycles. The molecule has 252 valence electrons. The molecule has 7 aromatic rings. The average molecular weight is 671 g/mol. The number of benzene rings is 7. The van der Waals surface area contributed by atoms with Gasteiger partial charge in [0.15, 0.2) is 0 Å². The van der Waals surface area contributed by atoms with Gasteiger partial charge in [0.25, 0.3) is 0 Å². The van der Waals surface area contributed by atoms with Crippen LogP contribution < -0.4 is 14.2 Å². The Kier molecular flexibility index (Phi) is 7.62. The summed E-state index contributed by atoms with van der Waals surface area (Å²) in [6, 6.07) is 45.7. The Labute approximate surface area is 297 Å². The van der Waals surface area contributed by atoms with E-state index in [1.807, 2.05) is 0 Å². The largest absolute Gasteiger partial charge is 0.493 e. The van der Waals surface area contributed by atoms with Gasteiger partial charge in [-0.3, -0.25) is 0 Å². The summed E-state index contributed by atoms with van der Waals surface area (Å²) in [5.74, 6) is 3.40. The molecule has 1 aliphatic carbocycles. The van der Waals surface area contributed by atoms with Crippen LogP contribution in [0.3, 0.4) is 0 Å². The molecule has 2 unspecified atom stereocenters. The van der Waals surface area contributed by atoms with Gasteiger partial charge in [-0.15, -0.1) is 0 Å². The predicted octanol–water partition coefficient (Wildman–Crippen LogP) is 10.5. The van der Waals surface area contributed by atoms with Crippen molar-refractivity contribution >= 4 is 32.3 Å². The molecule has 5 heteroatoms. The Hall–Kier alpha value is -5.36. The highest BCUT2D eigenvalue weighted by molar-refractivity contribution is 6.06. The SMILES string of the molecule is c1ccc2c(-c3cc(-c4ccc(OCC5CO5)c5ccccc45)cc(-c4ccc(OCC5CO5)c5ccccc45)c3)ccc(OCC3CC3)c2c1. The van der Waals surface area contributed by atoms with Crippen LogP contribution in [-0.4, -0.2) is 45.2 Å². The Morgan fingerprint density at radius 2 is 0.745 bits per heavy atom. The number of ether oxygens (including phenoxy) is 5. The second-order valence-corrected chi connectivity index (χ2v) is 14.1. The van der Waals surface area contributed by atoms with Crippen LogP contribution in [-0.2, 0) is 9.47 Å². The first-order valence-electron chi connectivity index (χ1n) is 18.1. The van der Waals surface area contributed by atoms with Crippen LogP contribution in [0.4, 0.5) is 0 Å². The van der Waals surface area contributed by atoms with Crippen LogP contribution >= 0.6 is 0 Å². The topological polar surface area (TPSA) is 52.8 Å². The summed E-state index contributed by atoms with van der Waals surface area (Å²) in [6.45, 7) is 3.45. The third-order valence-electron chi connectivity index (χ3n) is 10.3. The Bertz CT molecular complexity index is 2140. The first-order chi connectivity index (χ1) is 25.2. The first-order valence-corrected chi connectivity index (χ1v) is 18.1. The van der Waals surface area contributed by atoms with Gasteiger partial charge < -0.3 is 23.7 Å². The van der Waals surface area contributed by atoms with Gasteiger partial charge in [-0.25, -0.2) is 0 Å². The summed E-state index contributed by atoms with van der Waals surface area (Å²) in [6.07, 6.45) is 2.91. The Balaban J connectivity index is 1.15. The van der Waals surface area contributed by atoms with E-state index in [9.17, 15) is 0 Å². The zero-order valence-corrected chi connectivity index (χ0v) is 28.3. The first kappa shape index (κ1) is 30.5. The van der Waals surface area contributed by atoms with E-state index < -0.39 is 0 Å². The van der Waals surface area contributed by atoms with Crippen molar-refractivity contribution in [3.8, 4) is 50.6 Å². The van der Waals surface area contributed by atoms with Gasteiger partial charge in [-0.1, -0.05) is 91.0 Å². The van der Waals surface area contributed by atoms with Gasteiger partial charge in [-0.05, 0) is 105 Å². The summed E-state index contributed by atoms with van der Waals surface area (Å²) < 4.78 is 29.8. The molecule has 0 spiro atoms. The van der Waals surface area contributed by atoms with Gasteiger partial charge in [0.1, 0.15) is 42.7 Å². The third-order valence-corrected chi connectivity index (χ3v) is 10.3. The zero-order chi connectivity index (χ0) is 33.7. The summed E-state index contributed by atoms with van der Waals surface area (Å²) in [7, 11) is 0. The monoisotopic (exact) mass is 670 g/mol. The molecule has 0 bridgehead atoms. The molecule has 2 saturated heterocycles. The van der Waals surface area contributed by atoms with Crippen molar-refractivity contribution in [2.24, 2.45) is 5.92 Å². The molecule has 10 rings (SSSR count). The van der Waals surface area contributed by atoms with Crippen molar-refractivity contribution in [2.75, 3.05) is 33.0 Å². The molecule has 2 aliphatic heterocycles. The molecule has 0 amide bonds. The number of hydrogen-bond acceptors (Lipinski definition) is 5. The molecule has 0 N–H and O–H groups in total. The van der Waals surface area contributed by atoms with Gasteiger partial charge >= 0.3 is 0 Å². The fourth-order valence-corrected chi connectivity index (χ4v) is 7.23. The maximum absolute atomic E-state index is 6.38. The Morgan fingerprint density at radius 1 is 0.412 bits per heavy atom. The lowest BCUT2D eigenvalue weighted by Crippen LogP contribution is -2.04. The molecule has 5 nitrogen and oxygen atoms in total. The molecule has 2 atom stereocenters. The zero-order valence-electron chi connectivity index (χ0n) is 28.3. The number of epoxide rings is 2. The molecule has 0 radical (unpaired) electrons.